The number of imidazole rings is 1. The van der Waals surface area contributed by atoms with Crippen molar-refractivity contribution in [3.8, 4) is 0 Å². The SMILES string of the molecule is Cn1cncc1C(=O)N(CCBr)CC(F)F. The zero-order valence-electron chi connectivity index (χ0n) is 8.74. The Bertz CT molecular complexity index is 356. The first-order chi connectivity index (χ1) is 7.56. The van der Waals surface area contributed by atoms with Crippen LogP contribution in [0.15, 0.2) is 12.5 Å². The third-order valence-corrected chi connectivity index (χ3v) is 2.39. The summed E-state index contributed by atoms with van der Waals surface area (Å²) < 4.78 is 26.1. The molecule has 0 saturated carbocycles. The van der Waals surface area contributed by atoms with E-state index < -0.39 is 18.9 Å². The van der Waals surface area contributed by atoms with E-state index in [1.807, 2.05) is 0 Å². The van der Waals surface area contributed by atoms with Gasteiger partial charge in [-0.1, -0.05) is 15.9 Å². The maximum atomic E-state index is 12.3. The predicted octanol–water partition coefficient (Wildman–Crippen LogP) is 1.52. The molecule has 1 rings (SSSR count). The molecule has 0 unspecified atom stereocenters. The molecule has 0 aliphatic heterocycles. The Balaban J connectivity index is 2.78. The van der Waals surface area contributed by atoms with Crippen molar-refractivity contribution in [3.05, 3.63) is 18.2 Å². The lowest BCUT2D eigenvalue weighted by Gasteiger charge is -2.21. The van der Waals surface area contributed by atoms with Crippen LogP contribution in [0.3, 0.4) is 0 Å². The summed E-state index contributed by atoms with van der Waals surface area (Å²) in [5, 5.41) is 0.462. The van der Waals surface area contributed by atoms with Crippen LogP contribution < -0.4 is 0 Å². The summed E-state index contributed by atoms with van der Waals surface area (Å²) in [6.07, 6.45) is 0.299. The third kappa shape index (κ3) is 3.26. The number of carbonyl (C=O) groups excluding carboxylic acids is 1. The summed E-state index contributed by atoms with van der Waals surface area (Å²) in [6, 6.07) is 0. The molecule has 0 bridgehead atoms. The highest BCUT2D eigenvalue weighted by Crippen LogP contribution is 2.07. The smallest absolute Gasteiger partial charge is 0.272 e. The van der Waals surface area contributed by atoms with Gasteiger partial charge in [-0.2, -0.15) is 0 Å². The third-order valence-electron chi connectivity index (χ3n) is 2.04. The summed E-state index contributed by atoms with van der Waals surface area (Å²) in [7, 11) is 1.65. The number of aryl methyl sites for hydroxylation is 1. The van der Waals surface area contributed by atoms with E-state index in [1.165, 1.54) is 17.1 Å². The number of aromatic nitrogens is 2. The monoisotopic (exact) mass is 295 g/mol. The van der Waals surface area contributed by atoms with Gasteiger partial charge in [0.15, 0.2) is 0 Å². The number of alkyl halides is 3. The molecular formula is C9H12BrF2N3O. The Hall–Kier alpha value is -0.980. The average Bonchev–Trinajstić information content (AvgIpc) is 2.62. The minimum atomic E-state index is -2.53. The summed E-state index contributed by atoms with van der Waals surface area (Å²) in [5.74, 6) is -0.431. The van der Waals surface area contributed by atoms with Crippen LogP contribution in [0.5, 0.6) is 0 Å². The number of carbonyl (C=O) groups is 1. The van der Waals surface area contributed by atoms with Crippen molar-refractivity contribution in [1.82, 2.24) is 14.5 Å². The van der Waals surface area contributed by atoms with Crippen molar-refractivity contribution in [2.45, 2.75) is 6.43 Å². The molecule has 0 saturated heterocycles. The number of halogens is 3. The van der Waals surface area contributed by atoms with Crippen molar-refractivity contribution in [3.63, 3.8) is 0 Å². The van der Waals surface area contributed by atoms with Crippen LogP contribution in [0.25, 0.3) is 0 Å². The molecule has 0 N–H and O–H groups in total. The van der Waals surface area contributed by atoms with Crippen LogP contribution in [-0.2, 0) is 7.05 Å². The Morgan fingerprint density at radius 3 is 2.81 bits per heavy atom. The molecule has 1 amide bonds. The Kier molecular flexibility index (Phi) is 4.85. The topological polar surface area (TPSA) is 38.1 Å². The Morgan fingerprint density at radius 2 is 2.38 bits per heavy atom. The van der Waals surface area contributed by atoms with Crippen LogP contribution in [0.2, 0.25) is 0 Å². The number of hydrogen-bond acceptors (Lipinski definition) is 2. The van der Waals surface area contributed by atoms with Crippen molar-refractivity contribution in [2.75, 3.05) is 18.4 Å². The molecule has 4 nitrogen and oxygen atoms in total. The molecule has 0 fully saturated rings. The van der Waals surface area contributed by atoms with Crippen molar-refractivity contribution >= 4 is 21.8 Å². The normalized spacial score (nSPS) is 10.8. The van der Waals surface area contributed by atoms with E-state index in [9.17, 15) is 13.6 Å². The van der Waals surface area contributed by atoms with E-state index in [1.54, 1.807) is 7.05 Å². The fourth-order valence-electron chi connectivity index (χ4n) is 1.27. The molecule has 0 aliphatic rings. The lowest BCUT2D eigenvalue weighted by Crippen LogP contribution is -2.37. The fourth-order valence-corrected chi connectivity index (χ4v) is 1.70. The molecule has 0 spiro atoms. The Labute approximate surface area is 100 Å². The maximum absolute atomic E-state index is 12.3. The van der Waals surface area contributed by atoms with Gasteiger partial charge in [0, 0.05) is 18.9 Å². The lowest BCUT2D eigenvalue weighted by molar-refractivity contribution is 0.0564. The van der Waals surface area contributed by atoms with E-state index in [-0.39, 0.29) is 6.54 Å². The van der Waals surface area contributed by atoms with Crippen LogP contribution >= 0.6 is 15.9 Å². The van der Waals surface area contributed by atoms with Gasteiger partial charge in [-0.3, -0.25) is 4.79 Å². The number of hydrogen-bond donors (Lipinski definition) is 0. The molecular weight excluding hydrogens is 284 g/mol. The van der Waals surface area contributed by atoms with Crippen LogP contribution in [0, 0.1) is 0 Å². The molecule has 0 atom stereocenters. The average molecular weight is 296 g/mol. The van der Waals surface area contributed by atoms with Crippen LogP contribution in [0.4, 0.5) is 8.78 Å². The number of rotatable bonds is 5. The highest BCUT2D eigenvalue weighted by atomic mass is 79.9. The number of amides is 1. The minimum absolute atomic E-state index is 0.244. The molecule has 90 valence electrons. The molecule has 7 heteroatoms. The van der Waals surface area contributed by atoms with Gasteiger partial charge >= 0.3 is 0 Å². The molecule has 0 radical (unpaired) electrons. The largest absolute Gasteiger partial charge is 0.331 e. The standard InChI is InChI=1S/C9H12BrF2N3O/c1-14-6-13-4-7(14)9(16)15(3-2-10)5-8(11)12/h4,6,8H,2-3,5H2,1H3. The van der Waals surface area contributed by atoms with Gasteiger partial charge in [0.2, 0.25) is 0 Å². The highest BCUT2D eigenvalue weighted by Gasteiger charge is 2.21. The van der Waals surface area contributed by atoms with E-state index in [0.717, 1.165) is 4.90 Å². The second kappa shape index (κ2) is 5.93. The van der Waals surface area contributed by atoms with E-state index >= 15 is 0 Å². The minimum Gasteiger partial charge on any atom is -0.331 e. The molecule has 1 heterocycles. The summed E-state index contributed by atoms with van der Waals surface area (Å²) in [4.78, 5) is 16.8. The lowest BCUT2D eigenvalue weighted by atomic mass is 10.3. The second-order valence-corrected chi connectivity index (χ2v) is 4.01. The highest BCUT2D eigenvalue weighted by molar-refractivity contribution is 9.09. The van der Waals surface area contributed by atoms with Gasteiger partial charge in [0.1, 0.15) is 5.69 Å². The molecule has 0 aromatic carbocycles. The van der Waals surface area contributed by atoms with Gasteiger partial charge in [-0.25, -0.2) is 13.8 Å². The zero-order chi connectivity index (χ0) is 12.1. The first-order valence-corrected chi connectivity index (χ1v) is 5.78. The first kappa shape index (κ1) is 13.1. The molecule has 0 aliphatic carbocycles. The van der Waals surface area contributed by atoms with E-state index in [0.29, 0.717) is 11.0 Å². The summed E-state index contributed by atoms with van der Waals surface area (Å²) in [5.41, 5.74) is 0.307. The molecule has 1 aromatic rings. The van der Waals surface area contributed by atoms with Gasteiger partial charge in [-0.15, -0.1) is 0 Å². The van der Waals surface area contributed by atoms with Crippen molar-refractivity contribution < 1.29 is 13.6 Å². The summed E-state index contributed by atoms with van der Waals surface area (Å²) in [6.45, 7) is -0.316. The maximum Gasteiger partial charge on any atom is 0.272 e. The molecule has 1 aromatic heterocycles. The second-order valence-electron chi connectivity index (χ2n) is 3.22. The van der Waals surface area contributed by atoms with Crippen LogP contribution in [0.1, 0.15) is 10.5 Å². The predicted molar refractivity (Wildman–Crippen MR) is 58.9 cm³/mol. The zero-order valence-corrected chi connectivity index (χ0v) is 10.3. The van der Waals surface area contributed by atoms with Gasteiger partial charge in [0.25, 0.3) is 12.3 Å². The van der Waals surface area contributed by atoms with Gasteiger partial charge < -0.3 is 9.47 Å². The van der Waals surface area contributed by atoms with Crippen LogP contribution in [-0.4, -0.2) is 45.2 Å². The van der Waals surface area contributed by atoms with Crippen molar-refractivity contribution in [1.29, 1.82) is 0 Å². The Morgan fingerprint density at radius 1 is 1.69 bits per heavy atom. The van der Waals surface area contributed by atoms with Crippen molar-refractivity contribution in [2.24, 2.45) is 7.05 Å². The number of nitrogens with zero attached hydrogens (tertiary/aromatic N) is 3. The van der Waals surface area contributed by atoms with E-state index in [2.05, 4.69) is 20.9 Å². The summed E-state index contributed by atoms with van der Waals surface area (Å²) >= 11 is 3.13. The van der Waals surface area contributed by atoms with Gasteiger partial charge in [0.05, 0.1) is 19.1 Å². The first-order valence-electron chi connectivity index (χ1n) is 4.66. The quantitative estimate of drug-likeness (QED) is 0.773. The van der Waals surface area contributed by atoms with E-state index in [4.69, 9.17) is 0 Å². The van der Waals surface area contributed by atoms with Gasteiger partial charge in [-0.05, 0) is 0 Å². The fraction of sp³-hybridized carbons (Fsp3) is 0.556. The molecule has 16 heavy (non-hydrogen) atoms.